The standard InChI is InChI=1S/C17H17NO3/c1-4-11-18-16(17(19)21-3)15-13-8-6-5-7-12(13)9-10-14(15)20-2/h1,5-10,16,18H,11H2,2-3H3. The molecule has 2 aromatic carbocycles. The topological polar surface area (TPSA) is 47.6 Å². The lowest BCUT2D eigenvalue weighted by atomic mass is 9.97. The fourth-order valence-corrected chi connectivity index (χ4v) is 2.33. The Morgan fingerprint density at radius 2 is 2.05 bits per heavy atom. The van der Waals surface area contributed by atoms with E-state index in [0.717, 1.165) is 16.3 Å². The van der Waals surface area contributed by atoms with Crippen LogP contribution in [0.1, 0.15) is 11.6 Å². The number of ether oxygens (including phenoxy) is 2. The summed E-state index contributed by atoms with van der Waals surface area (Å²) in [5, 5.41) is 4.96. The van der Waals surface area contributed by atoms with Crippen molar-refractivity contribution in [2.45, 2.75) is 6.04 Å². The van der Waals surface area contributed by atoms with Gasteiger partial charge in [-0.15, -0.1) is 6.42 Å². The van der Waals surface area contributed by atoms with Crippen molar-refractivity contribution in [3.05, 3.63) is 42.0 Å². The summed E-state index contributed by atoms with van der Waals surface area (Å²) in [4.78, 5) is 12.1. The van der Waals surface area contributed by atoms with Gasteiger partial charge < -0.3 is 9.47 Å². The van der Waals surface area contributed by atoms with E-state index in [-0.39, 0.29) is 6.54 Å². The summed E-state index contributed by atoms with van der Waals surface area (Å²) in [5.74, 6) is 2.69. The van der Waals surface area contributed by atoms with E-state index in [1.54, 1.807) is 7.11 Å². The predicted molar refractivity (Wildman–Crippen MR) is 82.1 cm³/mol. The third-order valence-corrected chi connectivity index (χ3v) is 3.28. The van der Waals surface area contributed by atoms with Crippen molar-refractivity contribution in [1.82, 2.24) is 5.32 Å². The van der Waals surface area contributed by atoms with Gasteiger partial charge in [0, 0.05) is 5.56 Å². The molecule has 0 aromatic heterocycles. The van der Waals surface area contributed by atoms with Gasteiger partial charge in [0.25, 0.3) is 0 Å². The van der Waals surface area contributed by atoms with E-state index < -0.39 is 12.0 Å². The molecule has 0 aliphatic rings. The molecule has 4 nitrogen and oxygen atoms in total. The second-order valence-electron chi connectivity index (χ2n) is 4.44. The summed E-state index contributed by atoms with van der Waals surface area (Å²) in [6.07, 6.45) is 5.28. The Morgan fingerprint density at radius 3 is 2.71 bits per heavy atom. The highest BCUT2D eigenvalue weighted by molar-refractivity contribution is 5.93. The summed E-state index contributed by atoms with van der Waals surface area (Å²) in [5.41, 5.74) is 0.734. The van der Waals surface area contributed by atoms with Gasteiger partial charge in [-0.3, -0.25) is 5.32 Å². The van der Waals surface area contributed by atoms with Crippen LogP contribution in [-0.2, 0) is 9.53 Å². The summed E-state index contributed by atoms with van der Waals surface area (Å²) in [6, 6.07) is 10.9. The van der Waals surface area contributed by atoms with Crippen LogP contribution in [0, 0.1) is 12.3 Å². The molecule has 1 N–H and O–H groups in total. The molecule has 0 aliphatic carbocycles. The molecule has 2 aromatic rings. The number of rotatable bonds is 5. The van der Waals surface area contributed by atoms with Crippen molar-refractivity contribution in [2.24, 2.45) is 0 Å². The molecule has 0 radical (unpaired) electrons. The van der Waals surface area contributed by atoms with Crippen LogP contribution in [0.4, 0.5) is 0 Å². The Bertz CT molecular complexity index is 688. The number of hydrogen-bond acceptors (Lipinski definition) is 4. The molecule has 1 unspecified atom stereocenters. The van der Waals surface area contributed by atoms with E-state index >= 15 is 0 Å². The van der Waals surface area contributed by atoms with Gasteiger partial charge in [-0.2, -0.15) is 0 Å². The van der Waals surface area contributed by atoms with Gasteiger partial charge in [0.2, 0.25) is 0 Å². The van der Waals surface area contributed by atoms with E-state index in [4.69, 9.17) is 15.9 Å². The largest absolute Gasteiger partial charge is 0.496 e. The van der Waals surface area contributed by atoms with Crippen LogP contribution >= 0.6 is 0 Å². The Labute approximate surface area is 124 Å². The minimum Gasteiger partial charge on any atom is -0.496 e. The minimum absolute atomic E-state index is 0.256. The van der Waals surface area contributed by atoms with Crippen molar-refractivity contribution < 1.29 is 14.3 Å². The van der Waals surface area contributed by atoms with Gasteiger partial charge in [0.1, 0.15) is 11.8 Å². The Kier molecular flexibility index (Phi) is 4.81. The number of benzene rings is 2. The number of carbonyl (C=O) groups excluding carboxylic acids is 1. The number of carbonyl (C=O) groups is 1. The normalized spacial score (nSPS) is 11.7. The maximum atomic E-state index is 12.1. The average Bonchev–Trinajstić information content (AvgIpc) is 2.54. The number of terminal acetylenes is 1. The maximum Gasteiger partial charge on any atom is 0.327 e. The first-order valence-electron chi connectivity index (χ1n) is 6.53. The fraction of sp³-hybridized carbons (Fsp3) is 0.235. The molecule has 0 fully saturated rings. The number of esters is 1. The van der Waals surface area contributed by atoms with E-state index in [9.17, 15) is 4.79 Å². The zero-order valence-electron chi connectivity index (χ0n) is 12.1. The molecule has 108 valence electrons. The lowest BCUT2D eigenvalue weighted by Gasteiger charge is -2.20. The van der Waals surface area contributed by atoms with Crippen LogP contribution in [0.3, 0.4) is 0 Å². The van der Waals surface area contributed by atoms with Crippen LogP contribution in [0.25, 0.3) is 10.8 Å². The highest BCUT2D eigenvalue weighted by Gasteiger charge is 2.26. The zero-order valence-corrected chi connectivity index (χ0v) is 12.1. The molecule has 0 aliphatic heterocycles. The molecule has 2 rings (SSSR count). The first-order valence-corrected chi connectivity index (χ1v) is 6.53. The first kappa shape index (κ1) is 14.9. The molecular formula is C17H17NO3. The van der Waals surface area contributed by atoms with Crippen LogP contribution in [-0.4, -0.2) is 26.7 Å². The van der Waals surface area contributed by atoms with E-state index in [1.807, 2.05) is 36.4 Å². The van der Waals surface area contributed by atoms with Crippen molar-refractivity contribution in [3.63, 3.8) is 0 Å². The molecular weight excluding hydrogens is 266 g/mol. The smallest absolute Gasteiger partial charge is 0.327 e. The van der Waals surface area contributed by atoms with Crippen LogP contribution < -0.4 is 10.1 Å². The average molecular weight is 283 g/mol. The van der Waals surface area contributed by atoms with Crippen LogP contribution in [0.2, 0.25) is 0 Å². The highest BCUT2D eigenvalue weighted by atomic mass is 16.5. The van der Waals surface area contributed by atoms with Crippen LogP contribution in [0.15, 0.2) is 36.4 Å². The molecule has 0 amide bonds. The SMILES string of the molecule is C#CCNC(C(=O)OC)c1c(OC)ccc2ccccc12. The molecule has 1 atom stereocenters. The highest BCUT2D eigenvalue weighted by Crippen LogP contribution is 2.33. The second kappa shape index (κ2) is 6.78. The predicted octanol–water partition coefficient (Wildman–Crippen LogP) is 2.29. The zero-order chi connectivity index (χ0) is 15.2. The Hall–Kier alpha value is -2.51. The summed E-state index contributed by atoms with van der Waals surface area (Å²) < 4.78 is 10.3. The fourth-order valence-electron chi connectivity index (χ4n) is 2.33. The molecule has 0 heterocycles. The lowest BCUT2D eigenvalue weighted by molar-refractivity contribution is -0.143. The van der Waals surface area contributed by atoms with Gasteiger partial charge in [-0.25, -0.2) is 4.79 Å². The molecule has 0 bridgehead atoms. The Morgan fingerprint density at radius 1 is 1.29 bits per heavy atom. The van der Waals surface area contributed by atoms with Crippen molar-refractivity contribution >= 4 is 16.7 Å². The van der Waals surface area contributed by atoms with E-state index in [0.29, 0.717) is 5.75 Å². The number of hydrogen-bond donors (Lipinski definition) is 1. The maximum absolute atomic E-state index is 12.1. The van der Waals surface area contributed by atoms with Crippen molar-refractivity contribution in [1.29, 1.82) is 0 Å². The number of fused-ring (bicyclic) bond motifs is 1. The van der Waals surface area contributed by atoms with Crippen molar-refractivity contribution in [3.8, 4) is 18.1 Å². The molecule has 0 saturated carbocycles. The van der Waals surface area contributed by atoms with E-state index in [1.165, 1.54) is 7.11 Å². The molecule has 0 spiro atoms. The monoisotopic (exact) mass is 283 g/mol. The summed E-state index contributed by atoms with van der Waals surface area (Å²) in [7, 11) is 2.92. The van der Waals surface area contributed by atoms with Gasteiger partial charge in [0.05, 0.1) is 20.8 Å². The van der Waals surface area contributed by atoms with Gasteiger partial charge in [-0.05, 0) is 16.8 Å². The van der Waals surface area contributed by atoms with E-state index in [2.05, 4.69) is 11.2 Å². The first-order chi connectivity index (χ1) is 10.2. The van der Waals surface area contributed by atoms with Gasteiger partial charge >= 0.3 is 5.97 Å². The Balaban J connectivity index is 2.64. The quantitative estimate of drug-likeness (QED) is 0.675. The molecule has 4 heteroatoms. The van der Waals surface area contributed by atoms with Gasteiger partial charge in [-0.1, -0.05) is 36.3 Å². The third kappa shape index (κ3) is 2.99. The lowest BCUT2D eigenvalue weighted by Crippen LogP contribution is -2.30. The third-order valence-electron chi connectivity index (χ3n) is 3.28. The number of nitrogens with one attached hydrogen (secondary N) is 1. The molecule has 21 heavy (non-hydrogen) atoms. The summed E-state index contributed by atoms with van der Waals surface area (Å²) in [6.45, 7) is 0.256. The summed E-state index contributed by atoms with van der Waals surface area (Å²) >= 11 is 0. The van der Waals surface area contributed by atoms with Crippen molar-refractivity contribution in [2.75, 3.05) is 20.8 Å². The van der Waals surface area contributed by atoms with Crippen LogP contribution in [0.5, 0.6) is 5.75 Å². The van der Waals surface area contributed by atoms with Gasteiger partial charge in [0.15, 0.2) is 0 Å². The minimum atomic E-state index is -0.674. The molecule has 0 saturated heterocycles. The second-order valence-corrected chi connectivity index (χ2v) is 4.44. The number of methoxy groups -OCH3 is 2.